The molecule has 0 aromatic carbocycles. The summed E-state index contributed by atoms with van der Waals surface area (Å²) in [6, 6.07) is 2.31. The molecule has 110 valence electrons. The van der Waals surface area contributed by atoms with E-state index in [-0.39, 0.29) is 5.78 Å². The Balaban J connectivity index is 1.84. The van der Waals surface area contributed by atoms with Crippen LogP contribution in [0.15, 0.2) is 18.5 Å². The lowest BCUT2D eigenvalue weighted by molar-refractivity contribution is 0.0973. The van der Waals surface area contributed by atoms with Crippen LogP contribution in [0, 0.1) is 0 Å². The van der Waals surface area contributed by atoms with E-state index in [4.69, 9.17) is 4.74 Å². The molecule has 0 amide bonds. The van der Waals surface area contributed by atoms with Crippen LogP contribution in [-0.2, 0) is 0 Å². The Morgan fingerprint density at radius 2 is 2.35 bits per heavy atom. The zero-order valence-corrected chi connectivity index (χ0v) is 12.2. The Bertz CT molecular complexity index is 428. The number of hydrogen-bond acceptors (Lipinski definition) is 4. The molecule has 1 saturated heterocycles. The molecular formula is C16H24N2O2. The van der Waals surface area contributed by atoms with E-state index in [2.05, 4.69) is 17.2 Å². The largest absolute Gasteiger partial charge is 0.492 e. The third-order valence-corrected chi connectivity index (χ3v) is 3.64. The van der Waals surface area contributed by atoms with E-state index in [0.717, 1.165) is 19.4 Å². The summed E-state index contributed by atoms with van der Waals surface area (Å²) < 4.78 is 5.51. The fourth-order valence-corrected chi connectivity index (χ4v) is 2.49. The van der Waals surface area contributed by atoms with Crippen molar-refractivity contribution in [2.45, 2.75) is 51.5 Å². The molecule has 0 radical (unpaired) electrons. The van der Waals surface area contributed by atoms with Gasteiger partial charge in [-0.2, -0.15) is 0 Å². The maximum absolute atomic E-state index is 12.2. The number of ketones is 1. The lowest BCUT2D eigenvalue weighted by Crippen LogP contribution is -2.34. The summed E-state index contributed by atoms with van der Waals surface area (Å²) >= 11 is 0. The van der Waals surface area contributed by atoms with Gasteiger partial charge in [0, 0.05) is 24.2 Å². The molecule has 1 N–H and O–H groups in total. The number of carbonyl (C=O) groups excluding carboxylic acids is 1. The van der Waals surface area contributed by atoms with E-state index in [9.17, 15) is 4.79 Å². The van der Waals surface area contributed by atoms with Crippen LogP contribution in [0.4, 0.5) is 0 Å². The van der Waals surface area contributed by atoms with Gasteiger partial charge in [0.1, 0.15) is 5.75 Å². The number of carbonyl (C=O) groups is 1. The van der Waals surface area contributed by atoms with E-state index in [1.165, 1.54) is 19.3 Å². The van der Waals surface area contributed by atoms with Gasteiger partial charge in [-0.3, -0.25) is 9.78 Å². The Morgan fingerprint density at radius 3 is 3.10 bits per heavy atom. The minimum Gasteiger partial charge on any atom is -0.492 e. The monoisotopic (exact) mass is 276 g/mol. The predicted molar refractivity (Wildman–Crippen MR) is 79.2 cm³/mol. The second kappa shape index (κ2) is 8.00. The third-order valence-electron chi connectivity index (χ3n) is 3.64. The molecule has 0 bridgehead atoms. The van der Waals surface area contributed by atoms with Gasteiger partial charge < -0.3 is 10.1 Å². The van der Waals surface area contributed by atoms with Crippen LogP contribution in [0.3, 0.4) is 0 Å². The van der Waals surface area contributed by atoms with Crippen LogP contribution in [0.2, 0.25) is 0 Å². The first kappa shape index (κ1) is 15.0. The summed E-state index contributed by atoms with van der Waals surface area (Å²) in [6.07, 6.45) is 9.45. The van der Waals surface area contributed by atoms with Crippen molar-refractivity contribution in [1.82, 2.24) is 10.3 Å². The van der Waals surface area contributed by atoms with Crippen molar-refractivity contribution in [2.24, 2.45) is 0 Å². The van der Waals surface area contributed by atoms with Gasteiger partial charge in [-0.05, 0) is 38.3 Å². The van der Waals surface area contributed by atoms with Crippen molar-refractivity contribution < 1.29 is 9.53 Å². The molecule has 1 atom stereocenters. The number of nitrogens with zero attached hydrogens (tertiary/aromatic N) is 1. The first-order valence-electron chi connectivity index (χ1n) is 7.64. The molecule has 1 aliphatic heterocycles. The Labute approximate surface area is 120 Å². The zero-order chi connectivity index (χ0) is 14.2. The fourth-order valence-electron chi connectivity index (χ4n) is 2.49. The van der Waals surface area contributed by atoms with Gasteiger partial charge in [-0.15, -0.1) is 0 Å². The molecule has 1 fully saturated rings. The number of hydrogen-bond donors (Lipinski definition) is 1. The van der Waals surface area contributed by atoms with Crippen molar-refractivity contribution in [1.29, 1.82) is 0 Å². The van der Waals surface area contributed by atoms with Crippen molar-refractivity contribution in [2.75, 3.05) is 13.2 Å². The summed E-state index contributed by atoms with van der Waals surface area (Å²) in [5.41, 5.74) is 0.661. The molecular weight excluding hydrogens is 252 g/mol. The predicted octanol–water partition coefficient (Wildman–Crippen LogP) is 2.98. The van der Waals surface area contributed by atoms with Crippen molar-refractivity contribution in [3.63, 3.8) is 0 Å². The molecule has 1 aromatic heterocycles. The first-order chi connectivity index (χ1) is 9.79. The molecule has 2 rings (SSSR count). The number of pyridine rings is 1. The highest BCUT2D eigenvalue weighted by atomic mass is 16.5. The summed E-state index contributed by atoms with van der Waals surface area (Å²) in [6.45, 7) is 3.80. The molecule has 0 spiro atoms. The second-order valence-corrected chi connectivity index (χ2v) is 5.37. The molecule has 1 unspecified atom stereocenters. The van der Waals surface area contributed by atoms with E-state index in [1.807, 2.05) is 0 Å². The molecule has 4 heteroatoms. The highest BCUT2D eigenvalue weighted by molar-refractivity contribution is 5.96. The van der Waals surface area contributed by atoms with Crippen LogP contribution < -0.4 is 10.1 Å². The van der Waals surface area contributed by atoms with Gasteiger partial charge >= 0.3 is 0 Å². The Hall–Kier alpha value is -1.42. The number of ether oxygens (including phenoxy) is 1. The van der Waals surface area contributed by atoms with E-state index >= 15 is 0 Å². The molecule has 0 aliphatic carbocycles. The number of Topliss-reactive ketones (excluding diaryl/α,β-unsaturated/α-hetero) is 1. The van der Waals surface area contributed by atoms with Crippen LogP contribution in [-0.4, -0.2) is 30.0 Å². The van der Waals surface area contributed by atoms with Gasteiger partial charge in [0.05, 0.1) is 12.8 Å². The molecule has 20 heavy (non-hydrogen) atoms. The van der Waals surface area contributed by atoms with Gasteiger partial charge in [0.2, 0.25) is 0 Å². The maximum Gasteiger partial charge on any atom is 0.164 e. The first-order valence-corrected chi connectivity index (χ1v) is 7.64. The van der Waals surface area contributed by atoms with Crippen LogP contribution >= 0.6 is 0 Å². The molecule has 4 nitrogen and oxygen atoms in total. The standard InChI is InChI=1S/C16H24N2O2/c1-2-9-20-15-10-13(11-17-12-15)16(19)7-6-14-5-3-4-8-18-14/h10-12,14,18H,2-9H2,1H3. The highest BCUT2D eigenvalue weighted by Crippen LogP contribution is 2.16. The molecule has 2 heterocycles. The minimum absolute atomic E-state index is 0.159. The van der Waals surface area contributed by atoms with Gasteiger partial charge in [0.25, 0.3) is 0 Å². The lowest BCUT2D eigenvalue weighted by atomic mass is 9.98. The van der Waals surface area contributed by atoms with E-state index < -0.39 is 0 Å². The number of aromatic nitrogens is 1. The van der Waals surface area contributed by atoms with Crippen LogP contribution in [0.25, 0.3) is 0 Å². The van der Waals surface area contributed by atoms with Crippen molar-refractivity contribution in [3.05, 3.63) is 24.0 Å². The maximum atomic E-state index is 12.2. The van der Waals surface area contributed by atoms with Gasteiger partial charge in [-0.25, -0.2) is 0 Å². The normalized spacial score (nSPS) is 18.8. The minimum atomic E-state index is 0.159. The van der Waals surface area contributed by atoms with Crippen molar-refractivity contribution >= 4 is 5.78 Å². The number of piperidine rings is 1. The summed E-state index contributed by atoms with van der Waals surface area (Å²) in [7, 11) is 0. The van der Waals surface area contributed by atoms with Crippen LogP contribution in [0.5, 0.6) is 5.75 Å². The Kier molecular flexibility index (Phi) is 5.99. The average molecular weight is 276 g/mol. The smallest absolute Gasteiger partial charge is 0.164 e. The van der Waals surface area contributed by atoms with Gasteiger partial charge in [-0.1, -0.05) is 13.3 Å². The number of nitrogens with one attached hydrogen (secondary N) is 1. The summed E-state index contributed by atoms with van der Waals surface area (Å²) in [5.74, 6) is 0.848. The topological polar surface area (TPSA) is 51.2 Å². The zero-order valence-electron chi connectivity index (χ0n) is 12.2. The quantitative estimate of drug-likeness (QED) is 0.778. The molecule has 1 aliphatic rings. The van der Waals surface area contributed by atoms with Crippen LogP contribution in [0.1, 0.15) is 55.8 Å². The highest BCUT2D eigenvalue weighted by Gasteiger charge is 2.15. The van der Waals surface area contributed by atoms with E-state index in [0.29, 0.717) is 30.4 Å². The SMILES string of the molecule is CCCOc1cncc(C(=O)CCC2CCCCN2)c1. The number of rotatable bonds is 7. The fraction of sp³-hybridized carbons (Fsp3) is 0.625. The second-order valence-electron chi connectivity index (χ2n) is 5.37. The summed E-state index contributed by atoms with van der Waals surface area (Å²) in [4.78, 5) is 16.3. The molecule has 1 aromatic rings. The lowest BCUT2D eigenvalue weighted by Gasteiger charge is -2.22. The summed E-state index contributed by atoms with van der Waals surface area (Å²) in [5, 5.41) is 3.47. The Morgan fingerprint density at radius 1 is 1.45 bits per heavy atom. The average Bonchev–Trinajstić information content (AvgIpc) is 2.52. The van der Waals surface area contributed by atoms with Crippen molar-refractivity contribution in [3.8, 4) is 5.75 Å². The van der Waals surface area contributed by atoms with Gasteiger partial charge in [0.15, 0.2) is 5.78 Å². The van der Waals surface area contributed by atoms with E-state index in [1.54, 1.807) is 18.5 Å². The third kappa shape index (κ3) is 4.60. The molecule has 0 saturated carbocycles.